The Morgan fingerprint density at radius 1 is 0.675 bits per heavy atom. The average molecular weight is 607 g/mol. The van der Waals surface area contributed by atoms with Gasteiger partial charge in [-0.2, -0.15) is 0 Å². The number of hydrogen-bond donors (Lipinski definition) is 0. The van der Waals surface area contributed by atoms with Crippen LogP contribution in [0.1, 0.15) is 157 Å². The number of carbonyl (C=O) groups excluding carboxylic acids is 2. The number of benzene rings is 1. The van der Waals surface area contributed by atoms with Crippen molar-refractivity contribution in [1.82, 2.24) is 0 Å². The van der Waals surface area contributed by atoms with E-state index in [1.165, 1.54) is 108 Å². The van der Waals surface area contributed by atoms with Gasteiger partial charge in [-0.15, -0.1) is 0 Å². The number of carbonyl (C=O) groups is 2. The number of rotatable bonds is 24. The zero-order valence-corrected chi connectivity index (χ0v) is 29.2. The number of unbranched alkanes of at least 4 members (excludes halogenated alkanes) is 16. The van der Waals surface area contributed by atoms with Crippen LogP contribution in [0.2, 0.25) is 0 Å². The standard InChI is InChI=1S/C31H52O7S.K/c1-3-5-6-7-8-9-10-11-12-13-14-15-16-17-18-19-22-26-37-30(32)27-24-20-21-25-28(27)31(33)38-29(23-4-2)39(34,35)36;/h20-21,24-25,29H,3-19,22-23,26H2,1-2H3,(H,34,35,36);/q;+1/p-1. The van der Waals surface area contributed by atoms with E-state index in [-0.39, 0.29) is 75.5 Å². The molecule has 0 N–H and O–H groups in total. The first-order valence-corrected chi connectivity index (χ1v) is 16.7. The predicted molar refractivity (Wildman–Crippen MR) is 155 cm³/mol. The minimum atomic E-state index is -4.81. The van der Waals surface area contributed by atoms with Gasteiger partial charge in [-0.1, -0.05) is 135 Å². The van der Waals surface area contributed by atoms with Gasteiger partial charge < -0.3 is 14.0 Å². The Hall–Kier alpha value is -0.294. The summed E-state index contributed by atoms with van der Waals surface area (Å²) in [7, 11) is -4.81. The summed E-state index contributed by atoms with van der Waals surface area (Å²) in [6, 6.07) is 5.89. The SMILES string of the molecule is CCCCCCCCCCCCCCCCCCCOC(=O)c1ccccc1C(=O)OC(CCC)S(=O)(=O)[O-].[K+]. The molecule has 40 heavy (non-hydrogen) atoms. The summed E-state index contributed by atoms with van der Waals surface area (Å²) in [5.74, 6) is -1.70. The molecule has 1 unspecified atom stereocenters. The summed E-state index contributed by atoms with van der Waals surface area (Å²) in [6.07, 6.45) is 21.8. The molecule has 1 rings (SSSR count). The minimum Gasteiger partial charge on any atom is -0.745 e. The monoisotopic (exact) mass is 606 g/mol. The van der Waals surface area contributed by atoms with Crippen molar-refractivity contribution >= 4 is 22.1 Å². The Labute approximate surface area is 286 Å². The third-order valence-corrected chi connectivity index (χ3v) is 7.91. The van der Waals surface area contributed by atoms with E-state index < -0.39 is 27.5 Å². The number of ether oxygens (including phenoxy) is 2. The number of esters is 2. The van der Waals surface area contributed by atoms with Crippen molar-refractivity contribution in [3.8, 4) is 0 Å². The Balaban J connectivity index is 0.0000152. The fourth-order valence-corrected chi connectivity index (χ4v) is 5.32. The van der Waals surface area contributed by atoms with E-state index in [1.807, 2.05) is 0 Å². The summed E-state index contributed by atoms with van der Waals surface area (Å²) in [5, 5.41) is 0. The van der Waals surface area contributed by atoms with Gasteiger partial charge in [-0.3, -0.25) is 0 Å². The smallest absolute Gasteiger partial charge is 0.745 e. The quantitative estimate of drug-likeness (QED) is 0.0677. The summed E-state index contributed by atoms with van der Waals surface area (Å²) < 4.78 is 44.4. The van der Waals surface area contributed by atoms with Gasteiger partial charge in [0, 0.05) is 0 Å². The van der Waals surface area contributed by atoms with Gasteiger partial charge in [0.25, 0.3) is 0 Å². The summed E-state index contributed by atoms with van der Waals surface area (Å²) in [4.78, 5) is 25.1. The zero-order valence-electron chi connectivity index (χ0n) is 25.3. The molecule has 0 aliphatic heterocycles. The van der Waals surface area contributed by atoms with E-state index in [0.29, 0.717) is 6.42 Å². The third-order valence-electron chi connectivity index (χ3n) is 6.93. The van der Waals surface area contributed by atoms with Gasteiger partial charge in [0.05, 0.1) is 17.7 Å². The van der Waals surface area contributed by atoms with E-state index >= 15 is 0 Å². The molecule has 0 saturated heterocycles. The van der Waals surface area contributed by atoms with E-state index in [1.54, 1.807) is 13.0 Å². The van der Waals surface area contributed by atoms with Crippen LogP contribution in [-0.2, 0) is 19.6 Å². The van der Waals surface area contributed by atoms with Gasteiger partial charge in [-0.25, -0.2) is 18.0 Å². The largest absolute Gasteiger partial charge is 1.00 e. The maximum atomic E-state index is 12.5. The molecule has 0 fully saturated rings. The maximum Gasteiger partial charge on any atom is 1.00 e. The van der Waals surface area contributed by atoms with E-state index in [4.69, 9.17) is 9.47 Å². The minimum absolute atomic E-state index is 0. The molecule has 7 nitrogen and oxygen atoms in total. The maximum absolute atomic E-state index is 12.5. The molecular formula is C31H51KO7S. The molecule has 0 aliphatic rings. The van der Waals surface area contributed by atoms with Crippen LogP contribution in [-0.4, -0.2) is 37.0 Å². The second-order valence-corrected chi connectivity index (χ2v) is 12.0. The van der Waals surface area contributed by atoms with Crippen molar-refractivity contribution in [2.45, 2.75) is 141 Å². The molecule has 1 aromatic rings. The van der Waals surface area contributed by atoms with Crippen LogP contribution < -0.4 is 51.4 Å². The van der Waals surface area contributed by atoms with Crippen molar-refractivity contribution in [3.63, 3.8) is 0 Å². The third kappa shape index (κ3) is 19.0. The first-order chi connectivity index (χ1) is 18.8. The van der Waals surface area contributed by atoms with Crippen LogP contribution >= 0.6 is 0 Å². The topological polar surface area (TPSA) is 110 Å². The number of hydrogen-bond acceptors (Lipinski definition) is 7. The average Bonchev–Trinajstić information content (AvgIpc) is 2.91. The van der Waals surface area contributed by atoms with Crippen LogP contribution in [0.4, 0.5) is 0 Å². The molecule has 1 aromatic carbocycles. The van der Waals surface area contributed by atoms with Crippen LogP contribution in [0.3, 0.4) is 0 Å². The zero-order chi connectivity index (χ0) is 28.8. The van der Waals surface area contributed by atoms with Gasteiger partial charge in [0.15, 0.2) is 5.44 Å². The molecule has 0 heterocycles. The van der Waals surface area contributed by atoms with Gasteiger partial charge in [-0.05, 0) is 25.0 Å². The molecule has 0 saturated carbocycles. The molecule has 0 amide bonds. The summed E-state index contributed by atoms with van der Waals surface area (Å²) in [6.45, 7) is 4.18. The predicted octanol–water partition coefficient (Wildman–Crippen LogP) is 5.33. The van der Waals surface area contributed by atoms with Gasteiger partial charge in [0.2, 0.25) is 0 Å². The Bertz CT molecular complexity index is 905. The fraction of sp³-hybridized carbons (Fsp3) is 0.742. The molecule has 224 valence electrons. The van der Waals surface area contributed by atoms with Crippen molar-refractivity contribution in [3.05, 3.63) is 35.4 Å². The van der Waals surface area contributed by atoms with E-state index in [0.717, 1.165) is 19.3 Å². The van der Waals surface area contributed by atoms with Crippen LogP contribution in [0.15, 0.2) is 24.3 Å². The Morgan fingerprint density at radius 2 is 1.07 bits per heavy atom. The molecule has 1 atom stereocenters. The fourth-order valence-electron chi connectivity index (χ4n) is 4.59. The van der Waals surface area contributed by atoms with Crippen molar-refractivity contribution in [2.24, 2.45) is 0 Å². The van der Waals surface area contributed by atoms with Crippen LogP contribution in [0, 0.1) is 0 Å². The molecule has 9 heteroatoms. The first kappa shape index (κ1) is 39.7. The molecule has 0 radical (unpaired) electrons. The Morgan fingerprint density at radius 3 is 1.48 bits per heavy atom. The van der Waals surface area contributed by atoms with Crippen LogP contribution in [0.25, 0.3) is 0 Å². The van der Waals surface area contributed by atoms with E-state index in [9.17, 15) is 22.6 Å². The summed E-state index contributed by atoms with van der Waals surface area (Å²) in [5.41, 5.74) is -1.91. The van der Waals surface area contributed by atoms with Crippen LogP contribution in [0.5, 0.6) is 0 Å². The molecule has 0 aromatic heterocycles. The van der Waals surface area contributed by atoms with Crippen molar-refractivity contribution < 1.29 is 83.4 Å². The second kappa shape index (κ2) is 25.2. The molecule has 0 aliphatic carbocycles. The van der Waals surface area contributed by atoms with Gasteiger partial charge in [0.1, 0.15) is 10.1 Å². The summed E-state index contributed by atoms with van der Waals surface area (Å²) >= 11 is 0. The van der Waals surface area contributed by atoms with Gasteiger partial charge >= 0.3 is 63.3 Å². The molecule has 0 bridgehead atoms. The molecule has 0 spiro atoms. The first-order valence-electron chi connectivity index (χ1n) is 15.2. The normalized spacial score (nSPS) is 12.0. The van der Waals surface area contributed by atoms with Crippen molar-refractivity contribution in [1.29, 1.82) is 0 Å². The molecular weight excluding hydrogens is 555 g/mol. The van der Waals surface area contributed by atoms with E-state index in [2.05, 4.69) is 6.92 Å². The second-order valence-electron chi connectivity index (χ2n) is 10.5. The van der Waals surface area contributed by atoms with Crippen molar-refractivity contribution in [2.75, 3.05) is 6.61 Å². The Kier molecular flexibility index (Phi) is 25.0.